The van der Waals surface area contributed by atoms with Crippen LogP contribution in [0.25, 0.3) is 16.6 Å². The molecule has 8 nitrogen and oxygen atoms in total. The molecule has 0 spiro atoms. The van der Waals surface area contributed by atoms with Gasteiger partial charge in [0.2, 0.25) is 0 Å². The maximum absolute atomic E-state index is 14.7. The van der Waals surface area contributed by atoms with Crippen LogP contribution in [0.1, 0.15) is 30.0 Å². The molecular formula is C25H24FN5O3. The van der Waals surface area contributed by atoms with Crippen molar-refractivity contribution in [3.63, 3.8) is 0 Å². The zero-order valence-electron chi connectivity index (χ0n) is 19.1. The summed E-state index contributed by atoms with van der Waals surface area (Å²) in [5.41, 5.74) is 6.67. The lowest BCUT2D eigenvalue weighted by Gasteiger charge is -2.20. The first-order valence-corrected chi connectivity index (χ1v) is 11.0. The highest BCUT2D eigenvalue weighted by Gasteiger charge is 2.31. The molecule has 0 bridgehead atoms. The van der Waals surface area contributed by atoms with Crippen LogP contribution < -0.4 is 27.9 Å². The van der Waals surface area contributed by atoms with Crippen molar-refractivity contribution >= 4 is 28.1 Å². The minimum absolute atomic E-state index is 0.119. The van der Waals surface area contributed by atoms with Gasteiger partial charge in [0.1, 0.15) is 17.0 Å². The predicted octanol–water partition coefficient (Wildman–Crippen LogP) is 3.27. The molecule has 0 atom stereocenters. The Morgan fingerprint density at radius 2 is 1.68 bits per heavy atom. The van der Waals surface area contributed by atoms with Crippen LogP contribution in [0.3, 0.4) is 0 Å². The van der Waals surface area contributed by atoms with E-state index in [2.05, 4.69) is 5.32 Å². The van der Waals surface area contributed by atoms with Gasteiger partial charge < -0.3 is 11.1 Å². The number of nitrogen functional groups attached to an aromatic ring is 1. The lowest BCUT2D eigenvalue weighted by molar-refractivity contribution is 0.630. The van der Waals surface area contributed by atoms with E-state index in [0.29, 0.717) is 24.2 Å². The Morgan fingerprint density at radius 3 is 2.29 bits per heavy atom. The van der Waals surface area contributed by atoms with Crippen LogP contribution in [-0.4, -0.2) is 13.7 Å². The molecule has 0 aliphatic heterocycles. The van der Waals surface area contributed by atoms with Crippen LogP contribution in [0.2, 0.25) is 0 Å². The van der Waals surface area contributed by atoms with Crippen LogP contribution in [0.4, 0.5) is 21.6 Å². The fourth-order valence-electron chi connectivity index (χ4n) is 4.33. The molecule has 0 amide bonds. The molecule has 0 radical (unpaired) electrons. The molecule has 3 N–H and O–H groups in total. The summed E-state index contributed by atoms with van der Waals surface area (Å²) in [6.45, 7) is 3.35. The molecule has 1 aliphatic rings. The van der Waals surface area contributed by atoms with Crippen LogP contribution >= 0.6 is 0 Å². The van der Waals surface area contributed by atoms with E-state index in [1.807, 2.05) is 0 Å². The number of halogens is 1. The van der Waals surface area contributed by atoms with Gasteiger partial charge in [0, 0.05) is 24.3 Å². The number of anilines is 3. The van der Waals surface area contributed by atoms with E-state index in [4.69, 9.17) is 5.73 Å². The average molecular weight is 461 g/mol. The molecule has 1 aliphatic carbocycles. The third-order valence-electron chi connectivity index (χ3n) is 6.28. The SMILES string of the molecule is Cc1ccc(Nc2c3c(=O)n(C4CC4)c(=O)n(-c4ccc(N)cc4)c3c(C)c(=O)n2C)c(F)c1. The molecular weight excluding hydrogens is 437 g/mol. The Balaban J connectivity index is 1.94. The van der Waals surface area contributed by atoms with E-state index in [1.54, 1.807) is 50.2 Å². The minimum Gasteiger partial charge on any atom is -0.399 e. The Labute approximate surface area is 193 Å². The van der Waals surface area contributed by atoms with Crippen molar-refractivity contribution in [2.75, 3.05) is 11.1 Å². The zero-order chi connectivity index (χ0) is 24.3. The molecule has 174 valence electrons. The number of benzene rings is 2. The standard InChI is InChI=1S/C25H24FN5O3/c1-13-4-11-19(18(26)12-13)28-22-20-21(14(2)23(32)29(22)3)30(16-7-5-15(27)6-8-16)25(34)31(24(20)33)17-9-10-17/h4-8,11-12,17,28H,9-10,27H2,1-3H3. The summed E-state index contributed by atoms with van der Waals surface area (Å²) in [5, 5.41) is 3.09. The Bertz CT molecular complexity index is 1640. The number of aromatic nitrogens is 3. The number of hydrogen-bond donors (Lipinski definition) is 2. The number of nitrogens with two attached hydrogens (primary N) is 1. The van der Waals surface area contributed by atoms with Gasteiger partial charge in [-0.05, 0) is 68.7 Å². The van der Waals surface area contributed by atoms with Crippen molar-refractivity contribution < 1.29 is 4.39 Å². The van der Waals surface area contributed by atoms with Gasteiger partial charge in [-0.3, -0.25) is 23.3 Å². The smallest absolute Gasteiger partial charge is 0.336 e. The van der Waals surface area contributed by atoms with Crippen LogP contribution in [0.5, 0.6) is 0 Å². The first-order chi connectivity index (χ1) is 16.2. The first-order valence-electron chi connectivity index (χ1n) is 11.0. The maximum atomic E-state index is 14.7. The van der Waals surface area contributed by atoms with Crippen LogP contribution in [-0.2, 0) is 7.05 Å². The number of pyridine rings is 1. The van der Waals surface area contributed by atoms with Crippen molar-refractivity contribution in [2.45, 2.75) is 32.7 Å². The molecule has 1 fully saturated rings. The van der Waals surface area contributed by atoms with Crippen LogP contribution in [0.15, 0.2) is 56.8 Å². The third-order valence-corrected chi connectivity index (χ3v) is 6.28. The molecule has 4 aromatic rings. The van der Waals surface area contributed by atoms with E-state index < -0.39 is 22.6 Å². The predicted molar refractivity (Wildman–Crippen MR) is 131 cm³/mol. The third kappa shape index (κ3) is 3.32. The molecule has 9 heteroatoms. The summed E-state index contributed by atoms with van der Waals surface area (Å²) in [6.07, 6.45) is 1.42. The Hall–Kier alpha value is -4.14. The molecule has 2 aromatic heterocycles. The van der Waals surface area contributed by atoms with Crippen molar-refractivity contribution in [3.8, 4) is 5.69 Å². The van der Waals surface area contributed by atoms with Crippen LogP contribution in [0, 0.1) is 19.7 Å². The number of nitrogens with one attached hydrogen (secondary N) is 1. The summed E-state index contributed by atoms with van der Waals surface area (Å²) in [6, 6.07) is 11.1. The summed E-state index contributed by atoms with van der Waals surface area (Å²) in [5.74, 6) is -0.396. The molecule has 5 rings (SSSR count). The zero-order valence-corrected chi connectivity index (χ0v) is 19.1. The highest BCUT2D eigenvalue weighted by atomic mass is 19.1. The quantitative estimate of drug-likeness (QED) is 0.454. The topological polar surface area (TPSA) is 104 Å². The van der Waals surface area contributed by atoms with E-state index in [1.165, 1.54) is 26.8 Å². The monoisotopic (exact) mass is 461 g/mol. The van der Waals surface area contributed by atoms with E-state index in [-0.39, 0.29) is 34.0 Å². The van der Waals surface area contributed by atoms with Gasteiger partial charge in [-0.15, -0.1) is 0 Å². The minimum atomic E-state index is -0.520. The van der Waals surface area contributed by atoms with Gasteiger partial charge in [0.25, 0.3) is 11.1 Å². The molecule has 2 heterocycles. The summed E-state index contributed by atoms with van der Waals surface area (Å²) < 4.78 is 18.6. The number of hydrogen-bond acceptors (Lipinski definition) is 5. The second-order valence-corrected chi connectivity index (χ2v) is 8.79. The highest BCUT2D eigenvalue weighted by Crippen LogP contribution is 2.34. The molecule has 2 aromatic carbocycles. The summed E-state index contributed by atoms with van der Waals surface area (Å²) in [4.78, 5) is 40.5. The Kier molecular flexibility index (Phi) is 4.93. The fourth-order valence-corrected chi connectivity index (χ4v) is 4.33. The second kappa shape index (κ2) is 7.72. The fraction of sp³-hybridized carbons (Fsp3) is 0.240. The molecule has 34 heavy (non-hydrogen) atoms. The number of rotatable bonds is 4. The largest absolute Gasteiger partial charge is 0.399 e. The maximum Gasteiger partial charge on any atom is 0.336 e. The van der Waals surface area contributed by atoms with Crippen molar-refractivity contribution in [1.29, 1.82) is 0 Å². The lowest BCUT2D eigenvalue weighted by atomic mass is 10.1. The van der Waals surface area contributed by atoms with Gasteiger partial charge in [-0.1, -0.05) is 6.07 Å². The van der Waals surface area contributed by atoms with Crippen molar-refractivity contribution in [2.24, 2.45) is 7.05 Å². The van der Waals surface area contributed by atoms with Gasteiger partial charge in [-0.25, -0.2) is 9.18 Å². The molecule has 0 unspecified atom stereocenters. The Morgan fingerprint density at radius 1 is 1.00 bits per heavy atom. The normalized spacial score (nSPS) is 13.4. The number of aryl methyl sites for hydroxylation is 2. The van der Waals surface area contributed by atoms with E-state index in [9.17, 15) is 18.8 Å². The average Bonchev–Trinajstić information content (AvgIpc) is 3.63. The second-order valence-electron chi connectivity index (χ2n) is 8.79. The summed E-state index contributed by atoms with van der Waals surface area (Å²) >= 11 is 0. The van der Waals surface area contributed by atoms with E-state index in [0.717, 1.165) is 5.56 Å². The highest BCUT2D eigenvalue weighted by molar-refractivity contribution is 5.93. The van der Waals surface area contributed by atoms with Gasteiger partial charge >= 0.3 is 5.69 Å². The molecule has 1 saturated carbocycles. The number of fused-ring (bicyclic) bond motifs is 1. The van der Waals surface area contributed by atoms with E-state index >= 15 is 0 Å². The van der Waals surface area contributed by atoms with Crippen molar-refractivity contribution in [1.82, 2.24) is 13.7 Å². The van der Waals surface area contributed by atoms with Gasteiger partial charge in [0.15, 0.2) is 0 Å². The number of nitrogens with zero attached hydrogens (tertiary/aromatic N) is 3. The van der Waals surface area contributed by atoms with Crippen molar-refractivity contribution in [3.05, 3.63) is 90.6 Å². The van der Waals surface area contributed by atoms with Gasteiger partial charge in [0.05, 0.1) is 16.9 Å². The summed E-state index contributed by atoms with van der Waals surface area (Å²) in [7, 11) is 1.52. The molecule has 0 saturated heterocycles. The van der Waals surface area contributed by atoms with Gasteiger partial charge in [-0.2, -0.15) is 0 Å². The first kappa shape index (κ1) is 21.7. The lowest BCUT2D eigenvalue weighted by Crippen LogP contribution is -2.41.